The highest BCUT2D eigenvalue weighted by atomic mass is 35.5. The summed E-state index contributed by atoms with van der Waals surface area (Å²) in [7, 11) is 1.34. The first-order chi connectivity index (χ1) is 7.52. The molecule has 1 unspecified atom stereocenters. The molecule has 0 saturated heterocycles. The highest BCUT2D eigenvalue weighted by Crippen LogP contribution is 2.23. The number of methoxy groups -OCH3 is 1. The number of rotatable bonds is 4. The van der Waals surface area contributed by atoms with Crippen LogP contribution in [0.5, 0.6) is 0 Å². The molecule has 0 aliphatic rings. The van der Waals surface area contributed by atoms with Crippen LogP contribution in [0, 0.1) is 0 Å². The van der Waals surface area contributed by atoms with Crippen molar-refractivity contribution in [1.29, 1.82) is 0 Å². The molecule has 0 amide bonds. The van der Waals surface area contributed by atoms with E-state index in [0.717, 1.165) is 5.56 Å². The third kappa shape index (κ3) is 4.00. The summed E-state index contributed by atoms with van der Waals surface area (Å²) in [4.78, 5) is 11.0. The van der Waals surface area contributed by atoms with Gasteiger partial charge in [0.15, 0.2) is 0 Å². The molecule has 1 aromatic carbocycles. The van der Waals surface area contributed by atoms with Gasteiger partial charge in [0.05, 0.1) is 23.6 Å². The second-order valence-corrected chi connectivity index (χ2v) is 4.31. The van der Waals surface area contributed by atoms with Crippen molar-refractivity contribution in [2.24, 2.45) is 5.73 Å². The molecule has 0 bridgehead atoms. The van der Waals surface area contributed by atoms with E-state index in [0.29, 0.717) is 16.5 Å². The molecule has 16 heavy (non-hydrogen) atoms. The summed E-state index contributed by atoms with van der Waals surface area (Å²) in [6, 6.07) is 5.03. The quantitative estimate of drug-likeness (QED) is 0.848. The molecular formula is C11H13Cl2NO2. The SMILES string of the molecule is COC(=O)CC(N)Cc1ccc(Cl)c(Cl)c1. The summed E-state index contributed by atoms with van der Waals surface area (Å²) >= 11 is 11.7. The molecule has 2 N–H and O–H groups in total. The standard InChI is InChI=1S/C11H13Cl2NO2/c1-16-11(15)6-8(14)4-7-2-3-9(12)10(13)5-7/h2-3,5,8H,4,6,14H2,1H3. The number of hydrogen-bond donors (Lipinski definition) is 1. The molecule has 0 aromatic heterocycles. The molecule has 0 heterocycles. The van der Waals surface area contributed by atoms with E-state index >= 15 is 0 Å². The van der Waals surface area contributed by atoms with Crippen LogP contribution in [-0.2, 0) is 16.0 Å². The lowest BCUT2D eigenvalue weighted by Gasteiger charge is -2.10. The Labute approximate surface area is 104 Å². The molecule has 88 valence electrons. The number of halogens is 2. The van der Waals surface area contributed by atoms with E-state index in [2.05, 4.69) is 4.74 Å². The maximum atomic E-state index is 11.0. The zero-order chi connectivity index (χ0) is 12.1. The van der Waals surface area contributed by atoms with E-state index in [4.69, 9.17) is 28.9 Å². The van der Waals surface area contributed by atoms with Crippen molar-refractivity contribution < 1.29 is 9.53 Å². The van der Waals surface area contributed by atoms with Gasteiger partial charge in [-0.05, 0) is 24.1 Å². The van der Waals surface area contributed by atoms with E-state index in [1.165, 1.54) is 7.11 Å². The number of ether oxygens (including phenoxy) is 1. The second kappa shape index (κ2) is 6.09. The van der Waals surface area contributed by atoms with Crippen molar-refractivity contribution in [1.82, 2.24) is 0 Å². The maximum absolute atomic E-state index is 11.0. The van der Waals surface area contributed by atoms with Gasteiger partial charge in [-0.2, -0.15) is 0 Å². The molecule has 0 fully saturated rings. The zero-order valence-electron chi connectivity index (χ0n) is 8.87. The van der Waals surface area contributed by atoms with Gasteiger partial charge in [-0.25, -0.2) is 0 Å². The summed E-state index contributed by atoms with van der Waals surface area (Å²) in [6.45, 7) is 0. The Morgan fingerprint density at radius 3 is 2.69 bits per heavy atom. The lowest BCUT2D eigenvalue weighted by Crippen LogP contribution is -2.26. The molecule has 0 aliphatic carbocycles. The fraction of sp³-hybridized carbons (Fsp3) is 0.364. The molecule has 1 aromatic rings. The first-order valence-corrected chi connectivity index (χ1v) is 5.55. The largest absolute Gasteiger partial charge is 0.469 e. The van der Waals surface area contributed by atoms with E-state index in [1.807, 2.05) is 6.07 Å². The minimum absolute atomic E-state index is 0.191. The Bertz CT molecular complexity index is 382. The predicted octanol–water partition coefficient (Wildman–Crippen LogP) is 2.43. The van der Waals surface area contributed by atoms with Crippen molar-refractivity contribution in [2.45, 2.75) is 18.9 Å². The van der Waals surface area contributed by atoms with Crippen LogP contribution in [0.15, 0.2) is 18.2 Å². The Kier molecular flexibility index (Phi) is 5.06. The van der Waals surface area contributed by atoms with E-state index in [1.54, 1.807) is 12.1 Å². The fourth-order valence-electron chi connectivity index (χ4n) is 1.34. The molecule has 1 rings (SSSR count). The smallest absolute Gasteiger partial charge is 0.307 e. The Balaban J connectivity index is 2.59. The molecule has 1 atom stereocenters. The monoisotopic (exact) mass is 261 g/mol. The Morgan fingerprint density at radius 2 is 2.12 bits per heavy atom. The summed E-state index contributed by atoms with van der Waals surface area (Å²) in [5.74, 6) is -0.312. The van der Waals surface area contributed by atoms with E-state index in [-0.39, 0.29) is 18.4 Å². The van der Waals surface area contributed by atoms with Gasteiger partial charge in [-0.15, -0.1) is 0 Å². The summed E-state index contributed by atoms with van der Waals surface area (Å²) in [6.07, 6.45) is 0.753. The minimum atomic E-state index is -0.312. The highest BCUT2D eigenvalue weighted by Gasteiger charge is 2.11. The number of benzene rings is 1. The van der Waals surface area contributed by atoms with Crippen molar-refractivity contribution >= 4 is 29.2 Å². The minimum Gasteiger partial charge on any atom is -0.469 e. The van der Waals surface area contributed by atoms with Gasteiger partial charge < -0.3 is 10.5 Å². The third-order valence-electron chi connectivity index (χ3n) is 2.14. The molecular weight excluding hydrogens is 249 g/mol. The van der Waals surface area contributed by atoms with Crippen LogP contribution in [0.4, 0.5) is 0 Å². The first-order valence-electron chi connectivity index (χ1n) is 4.79. The molecule has 0 radical (unpaired) electrons. The third-order valence-corrected chi connectivity index (χ3v) is 2.88. The predicted molar refractivity (Wildman–Crippen MR) is 64.8 cm³/mol. The van der Waals surface area contributed by atoms with Gasteiger partial charge in [-0.3, -0.25) is 4.79 Å². The van der Waals surface area contributed by atoms with E-state index in [9.17, 15) is 4.79 Å². The van der Waals surface area contributed by atoms with Crippen molar-refractivity contribution in [3.63, 3.8) is 0 Å². The van der Waals surface area contributed by atoms with Crippen LogP contribution in [0.25, 0.3) is 0 Å². The number of carbonyl (C=O) groups excluding carboxylic acids is 1. The summed E-state index contributed by atoms with van der Waals surface area (Å²) in [5.41, 5.74) is 6.74. The van der Waals surface area contributed by atoms with Crippen LogP contribution in [0.2, 0.25) is 10.0 Å². The van der Waals surface area contributed by atoms with Gasteiger partial charge >= 0.3 is 5.97 Å². The Hall–Kier alpha value is -0.770. The van der Waals surface area contributed by atoms with Crippen LogP contribution in [0.1, 0.15) is 12.0 Å². The van der Waals surface area contributed by atoms with Gasteiger partial charge in [0.1, 0.15) is 0 Å². The number of esters is 1. The highest BCUT2D eigenvalue weighted by molar-refractivity contribution is 6.42. The first kappa shape index (κ1) is 13.3. The van der Waals surface area contributed by atoms with Gasteiger partial charge in [0.25, 0.3) is 0 Å². The van der Waals surface area contributed by atoms with Crippen molar-refractivity contribution in [3.05, 3.63) is 33.8 Å². The normalized spacial score (nSPS) is 12.2. The molecule has 5 heteroatoms. The van der Waals surface area contributed by atoms with Crippen LogP contribution in [0.3, 0.4) is 0 Å². The van der Waals surface area contributed by atoms with Crippen LogP contribution in [-0.4, -0.2) is 19.1 Å². The number of nitrogens with two attached hydrogens (primary N) is 1. The van der Waals surface area contributed by atoms with Gasteiger partial charge in [0.2, 0.25) is 0 Å². The topological polar surface area (TPSA) is 52.3 Å². The molecule has 0 aliphatic heterocycles. The number of carbonyl (C=O) groups is 1. The van der Waals surface area contributed by atoms with Crippen molar-refractivity contribution in [2.75, 3.05) is 7.11 Å². The summed E-state index contributed by atoms with van der Waals surface area (Å²) < 4.78 is 4.54. The number of hydrogen-bond acceptors (Lipinski definition) is 3. The molecule has 0 saturated carbocycles. The average Bonchev–Trinajstić information content (AvgIpc) is 2.23. The maximum Gasteiger partial charge on any atom is 0.307 e. The average molecular weight is 262 g/mol. The fourth-order valence-corrected chi connectivity index (χ4v) is 1.66. The zero-order valence-corrected chi connectivity index (χ0v) is 10.4. The van der Waals surface area contributed by atoms with Gasteiger partial charge in [-0.1, -0.05) is 29.3 Å². The summed E-state index contributed by atoms with van der Waals surface area (Å²) in [5, 5.41) is 0.997. The van der Waals surface area contributed by atoms with Gasteiger partial charge in [0, 0.05) is 6.04 Å². The van der Waals surface area contributed by atoms with Crippen LogP contribution < -0.4 is 5.73 Å². The van der Waals surface area contributed by atoms with Crippen molar-refractivity contribution in [3.8, 4) is 0 Å². The molecule has 0 spiro atoms. The van der Waals surface area contributed by atoms with Crippen LogP contribution >= 0.6 is 23.2 Å². The van der Waals surface area contributed by atoms with E-state index < -0.39 is 0 Å². The molecule has 3 nitrogen and oxygen atoms in total. The lowest BCUT2D eigenvalue weighted by atomic mass is 10.0. The lowest BCUT2D eigenvalue weighted by molar-refractivity contribution is -0.140. The second-order valence-electron chi connectivity index (χ2n) is 3.49. The Morgan fingerprint density at radius 1 is 1.44 bits per heavy atom.